The quantitative estimate of drug-likeness (QED) is 0.746. The number of rotatable bonds is 2. The first-order valence-electron chi connectivity index (χ1n) is 4.05. The molecule has 0 bridgehead atoms. The summed E-state index contributed by atoms with van der Waals surface area (Å²) in [4.78, 5) is 4.05. The van der Waals surface area contributed by atoms with Crippen LogP contribution in [0.3, 0.4) is 0 Å². The van der Waals surface area contributed by atoms with Gasteiger partial charge in [-0.1, -0.05) is 18.2 Å². The lowest BCUT2D eigenvalue weighted by Gasteiger charge is -1.97. The molecule has 0 unspecified atom stereocenters. The van der Waals surface area contributed by atoms with Crippen LogP contribution in [0.2, 0.25) is 0 Å². The van der Waals surface area contributed by atoms with E-state index in [1.807, 2.05) is 30.3 Å². The summed E-state index contributed by atoms with van der Waals surface area (Å²) in [5, 5.41) is 7.07. The SMILES string of the molecule is CNc1ncn(-c2ccccc2)n1. The molecule has 1 heterocycles. The standard InChI is InChI=1S/C9H10N4/c1-10-9-11-7-13(12-9)8-5-3-2-4-6-8/h2-7H,1H3,(H,10,12). The summed E-state index contributed by atoms with van der Waals surface area (Å²) in [5.41, 5.74) is 1.01. The third kappa shape index (κ3) is 1.51. The number of aromatic nitrogens is 3. The van der Waals surface area contributed by atoms with Crippen LogP contribution >= 0.6 is 0 Å². The highest BCUT2D eigenvalue weighted by Gasteiger charge is 1.98. The van der Waals surface area contributed by atoms with Crippen LogP contribution in [0, 0.1) is 0 Å². The second-order valence-corrected chi connectivity index (χ2v) is 2.60. The lowest BCUT2D eigenvalue weighted by Crippen LogP contribution is -1.95. The summed E-state index contributed by atoms with van der Waals surface area (Å²) in [6, 6.07) is 9.87. The molecule has 0 aliphatic carbocycles. The summed E-state index contributed by atoms with van der Waals surface area (Å²) in [7, 11) is 1.80. The molecule has 0 atom stereocenters. The smallest absolute Gasteiger partial charge is 0.242 e. The monoisotopic (exact) mass is 174 g/mol. The van der Waals surface area contributed by atoms with Gasteiger partial charge in [-0.25, -0.2) is 9.67 Å². The molecule has 0 saturated heterocycles. The third-order valence-corrected chi connectivity index (χ3v) is 1.74. The average Bonchev–Trinajstić information content (AvgIpc) is 2.67. The molecule has 4 heteroatoms. The Labute approximate surface area is 76.2 Å². The molecule has 0 aliphatic heterocycles. The van der Waals surface area contributed by atoms with E-state index in [0.717, 1.165) is 5.69 Å². The minimum absolute atomic E-state index is 0.629. The Morgan fingerprint density at radius 1 is 1.23 bits per heavy atom. The van der Waals surface area contributed by atoms with E-state index in [-0.39, 0.29) is 0 Å². The molecule has 1 aromatic heterocycles. The van der Waals surface area contributed by atoms with Crippen molar-refractivity contribution in [1.82, 2.24) is 14.8 Å². The predicted molar refractivity (Wildman–Crippen MR) is 50.9 cm³/mol. The lowest BCUT2D eigenvalue weighted by atomic mass is 10.3. The molecule has 1 aromatic carbocycles. The van der Waals surface area contributed by atoms with Crippen molar-refractivity contribution in [2.45, 2.75) is 0 Å². The second kappa shape index (κ2) is 3.26. The zero-order chi connectivity index (χ0) is 9.10. The van der Waals surface area contributed by atoms with Gasteiger partial charge in [0.15, 0.2) is 0 Å². The van der Waals surface area contributed by atoms with E-state index < -0.39 is 0 Å². The summed E-state index contributed by atoms with van der Waals surface area (Å²) >= 11 is 0. The van der Waals surface area contributed by atoms with Gasteiger partial charge in [-0.3, -0.25) is 0 Å². The molecule has 0 radical (unpaired) electrons. The Balaban J connectivity index is 2.36. The van der Waals surface area contributed by atoms with Crippen molar-refractivity contribution in [2.24, 2.45) is 0 Å². The number of benzene rings is 1. The van der Waals surface area contributed by atoms with E-state index in [2.05, 4.69) is 15.4 Å². The van der Waals surface area contributed by atoms with Crippen LogP contribution in [0.5, 0.6) is 0 Å². The number of nitrogens with zero attached hydrogens (tertiary/aromatic N) is 3. The van der Waals surface area contributed by atoms with Crippen LogP contribution in [-0.4, -0.2) is 21.8 Å². The van der Waals surface area contributed by atoms with Crippen LogP contribution in [0.15, 0.2) is 36.7 Å². The summed E-state index contributed by atoms with van der Waals surface area (Å²) in [6.45, 7) is 0. The highest BCUT2D eigenvalue weighted by Crippen LogP contribution is 2.05. The summed E-state index contributed by atoms with van der Waals surface area (Å²) < 4.78 is 1.73. The van der Waals surface area contributed by atoms with E-state index in [1.165, 1.54) is 0 Å². The van der Waals surface area contributed by atoms with Crippen molar-refractivity contribution < 1.29 is 0 Å². The van der Waals surface area contributed by atoms with Crippen molar-refractivity contribution in [1.29, 1.82) is 0 Å². The molecule has 2 aromatic rings. The molecular formula is C9H10N4. The first-order chi connectivity index (χ1) is 6.40. The topological polar surface area (TPSA) is 42.7 Å². The number of anilines is 1. The maximum absolute atomic E-state index is 4.19. The molecule has 2 rings (SSSR count). The molecule has 66 valence electrons. The Bertz CT molecular complexity index is 380. The summed E-state index contributed by atoms with van der Waals surface area (Å²) in [6.07, 6.45) is 1.68. The molecule has 1 N–H and O–H groups in total. The maximum atomic E-state index is 4.19. The molecule has 13 heavy (non-hydrogen) atoms. The number of hydrogen-bond donors (Lipinski definition) is 1. The van der Waals surface area contributed by atoms with Crippen LogP contribution in [0.25, 0.3) is 5.69 Å². The van der Waals surface area contributed by atoms with Crippen LogP contribution in [0.4, 0.5) is 5.95 Å². The van der Waals surface area contributed by atoms with Crippen LogP contribution in [-0.2, 0) is 0 Å². The number of hydrogen-bond acceptors (Lipinski definition) is 3. The fourth-order valence-corrected chi connectivity index (χ4v) is 1.08. The highest BCUT2D eigenvalue weighted by molar-refractivity contribution is 5.31. The second-order valence-electron chi connectivity index (χ2n) is 2.60. The molecule has 4 nitrogen and oxygen atoms in total. The minimum atomic E-state index is 0.629. The Morgan fingerprint density at radius 2 is 2.00 bits per heavy atom. The van der Waals surface area contributed by atoms with Crippen molar-refractivity contribution >= 4 is 5.95 Å². The van der Waals surface area contributed by atoms with Gasteiger partial charge in [0.1, 0.15) is 6.33 Å². The summed E-state index contributed by atoms with van der Waals surface area (Å²) in [5.74, 6) is 0.629. The van der Waals surface area contributed by atoms with Gasteiger partial charge in [0, 0.05) is 7.05 Å². The Hall–Kier alpha value is -1.84. The van der Waals surface area contributed by atoms with E-state index in [1.54, 1.807) is 18.1 Å². The van der Waals surface area contributed by atoms with E-state index >= 15 is 0 Å². The number of para-hydroxylation sites is 1. The van der Waals surface area contributed by atoms with Crippen LogP contribution < -0.4 is 5.32 Å². The van der Waals surface area contributed by atoms with E-state index in [9.17, 15) is 0 Å². The van der Waals surface area contributed by atoms with E-state index in [0.29, 0.717) is 5.95 Å². The maximum Gasteiger partial charge on any atom is 0.242 e. The van der Waals surface area contributed by atoms with Crippen molar-refractivity contribution in [3.05, 3.63) is 36.7 Å². The highest BCUT2D eigenvalue weighted by atomic mass is 15.4. The average molecular weight is 174 g/mol. The van der Waals surface area contributed by atoms with Gasteiger partial charge in [-0.05, 0) is 12.1 Å². The van der Waals surface area contributed by atoms with Gasteiger partial charge in [-0.15, -0.1) is 5.10 Å². The van der Waals surface area contributed by atoms with Gasteiger partial charge >= 0.3 is 0 Å². The van der Waals surface area contributed by atoms with Crippen molar-refractivity contribution in [2.75, 3.05) is 12.4 Å². The van der Waals surface area contributed by atoms with Gasteiger partial charge in [0.2, 0.25) is 5.95 Å². The van der Waals surface area contributed by atoms with Crippen molar-refractivity contribution in [3.8, 4) is 5.69 Å². The van der Waals surface area contributed by atoms with Gasteiger partial charge in [0.05, 0.1) is 5.69 Å². The first-order valence-corrected chi connectivity index (χ1v) is 4.05. The van der Waals surface area contributed by atoms with Gasteiger partial charge in [-0.2, -0.15) is 0 Å². The lowest BCUT2D eigenvalue weighted by molar-refractivity contribution is 0.881. The molecule has 0 fully saturated rings. The van der Waals surface area contributed by atoms with Gasteiger partial charge < -0.3 is 5.32 Å². The van der Waals surface area contributed by atoms with Crippen LogP contribution in [0.1, 0.15) is 0 Å². The van der Waals surface area contributed by atoms with Gasteiger partial charge in [0.25, 0.3) is 0 Å². The Kier molecular flexibility index (Phi) is 1.96. The molecular weight excluding hydrogens is 164 g/mol. The van der Waals surface area contributed by atoms with E-state index in [4.69, 9.17) is 0 Å². The fraction of sp³-hybridized carbons (Fsp3) is 0.111. The minimum Gasteiger partial charge on any atom is -0.356 e. The Morgan fingerprint density at radius 3 is 2.62 bits per heavy atom. The third-order valence-electron chi connectivity index (χ3n) is 1.74. The molecule has 0 saturated carbocycles. The molecule has 0 aliphatic rings. The molecule has 0 spiro atoms. The fourth-order valence-electron chi connectivity index (χ4n) is 1.08. The number of nitrogens with one attached hydrogen (secondary N) is 1. The molecule has 0 amide bonds. The normalized spacial score (nSPS) is 9.92. The van der Waals surface area contributed by atoms with Crippen molar-refractivity contribution in [3.63, 3.8) is 0 Å². The zero-order valence-electron chi connectivity index (χ0n) is 7.31. The largest absolute Gasteiger partial charge is 0.356 e. The predicted octanol–water partition coefficient (Wildman–Crippen LogP) is 1.31. The first kappa shape index (κ1) is 7.79. The zero-order valence-corrected chi connectivity index (χ0v) is 7.31.